The highest BCUT2D eigenvalue weighted by Crippen LogP contribution is 2.20. The molecule has 88 valence electrons. The predicted octanol–water partition coefficient (Wildman–Crippen LogP) is 3.07. The molecule has 2 heteroatoms. The van der Waals surface area contributed by atoms with Gasteiger partial charge in [0.15, 0.2) is 0 Å². The summed E-state index contributed by atoms with van der Waals surface area (Å²) in [6.07, 6.45) is 5.50. The molecule has 1 aliphatic rings. The summed E-state index contributed by atoms with van der Waals surface area (Å²) in [7, 11) is 0. The number of likely N-dealkylation sites (tertiary alicyclic amines) is 1. The Morgan fingerprint density at radius 1 is 1.47 bits per heavy atom. The number of carbonyl (C=O) groups excluding carboxylic acids is 1. The minimum absolute atomic E-state index is 0.377. The van der Waals surface area contributed by atoms with Gasteiger partial charge in [0.1, 0.15) is 0 Å². The lowest BCUT2D eigenvalue weighted by atomic mass is 9.95. The van der Waals surface area contributed by atoms with Gasteiger partial charge in [-0.25, -0.2) is 0 Å². The van der Waals surface area contributed by atoms with Gasteiger partial charge in [0, 0.05) is 19.5 Å². The Morgan fingerprint density at radius 3 is 2.80 bits per heavy atom. The van der Waals surface area contributed by atoms with E-state index >= 15 is 0 Å². The van der Waals surface area contributed by atoms with E-state index in [1.165, 1.54) is 19.3 Å². The highest BCUT2D eigenvalue weighted by molar-refractivity contribution is 5.76. The molecule has 0 bridgehead atoms. The number of hydrogen-bond acceptors (Lipinski definition) is 1. The van der Waals surface area contributed by atoms with Gasteiger partial charge in [-0.1, -0.05) is 27.2 Å². The molecule has 1 amide bonds. The molecule has 0 aromatic rings. The van der Waals surface area contributed by atoms with E-state index in [0.29, 0.717) is 11.8 Å². The molecule has 0 radical (unpaired) electrons. The second-order valence-corrected chi connectivity index (χ2v) is 5.19. The molecule has 1 rings (SSSR count). The topological polar surface area (TPSA) is 20.3 Å². The molecule has 0 aromatic heterocycles. The Hall–Kier alpha value is -0.530. The number of carbonyl (C=O) groups is 1. The van der Waals surface area contributed by atoms with Crippen molar-refractivity contribution in [2.45, 2.75) is 52.9 Å². The van der Waals surface area contributed by atoms with Crippen molar-refractivity contribution in [2.24, 2.45) is 11.8 Å². The third-order valence-corrected chi connectivity index (χ3v) is 3.38. The predicted molar refractivity (Wildman–Crippen MR) is 63.7 cm³/mol. The molecule has 1 fully saturated rings. The van der Waals surface area contributed by atoms with Crippen LogP contribution in [0.15, 0.2) is 0 Å². The van der Waals surface area contributed by atoms with E-state index in [0.717, 1.165) is 31.8 Å². The van der Waals surface area contributed by atoms with Crippen LogP contribution in [-0.2, 0) is 4.79 Å². The summed E-state index contributed by atoms with van der Waals surface area (Å²) in [5.41, 5.74) is 0. The van der Waals surface area contributed by atoms with E-state index in [1.54, 1.807) is 0 Å². The van der Waals surface area contributed by atoms with Crippen molar-refractivity contribution in [3.05, 3.63) is 0 Å². The minimum atomic E-state index is 0.377. The minimum Gasteiger partial charge on any atom is -0.342 e. The van der Waals surface area contributed by atoms with Crippen molar-refractivity contribution in [1.29, 1.82) is 0 Å². The van der Waals surface area contributed by atoms with Crippen LogP contribution >= 0.6 is 0 Å². The standard InChI is InChI=1S/C13H25NO/c1-4-12-6-5-9-14(10-12)13(15)8-7-11(2)3/h11-12H,4-10H2,1-3H3. The van der Waals surface area contributed by atoms with Crippen LogP contribution in [0.2, 0.25) is 0 Å². The lowest BCUT2D eigenvalue weighted by Crippen LogP contribution is -2.39. The molecule has 1 heterocycles. The zero-order valence-electron chi connectivity index (χ0n) is 10.5. The van der Waals surface area contributed by atoms with Gasteiger partial charge in [0.25, 0.3) is 0 Å². The second-order valence-electron chi connectivity index (χ2n) is 5.19. The van der Waals surface area contributed by atoms with Gasteiger partial charge < -0.3 is 4.90 Å². The molecule has 0 saturated carbocycles. The molecule has 2 nitrogen and oxygen atoms in total. The van der Waals surface area contributed by atoms with Gasteiger partial charge >= 0.3 is 0 Å². The monoisotopic (exact) mass is 211 g/mol. The van der Waals surface area contributed by atoms with Crippen molar-refractivity contribution in [3.63, 3.8) is 0 Å². The summed E-state index contributed by atoms with van der Waals surface area (Å²) in [6, 6.07) is 0. The normalized spacial score (nSPS) is 22.1. The molecule has 15 heavy (non-hydrogen) atoms. The second kappa shape index (κ2) is 6.14. The van der Waals surface area contributed by atoms with E-state index in [9.17, 15) is 4.79 Å². The third-order valence-electron chi connectivity index (χ3n) is 3.38. The molecular formula is C13H25NO. The zero-order valence-corrected chi connectivity index (χ0v) is 10.5. The summed E-state index contributed by atoms with van der Waals surface area (Å²) in [4.78, 5) is 14.0. The van der Waals surface area contributed by atoms with Crippen molar-refractivity contribution in [2.75, 3.05) is 13.1 Å². The molecule has 0 N–H and O–H groups in total. The molecular weight excluding hydrogens is 186 g/mol. The van der Waals surface area contributed by atoms with Gasteiger partial charge in [0.05, 0.1) is 0 Å². The first-order valence-corrected chi connectivity index (χ1v) is 6.41. The van der Waals surface area contributed by atoms with Crippen molar-refractivity contribution >= 4 is 5.91 Å². The highest BCUT2D eigenvalue weighted by Gasteiger charge is 2.21. The molecule has 0 aliphatic carbocycles. The average Bonchev–Trinajstić information content (AvgIpc) is 2.26. The lowest BCUT2D eigenvalue weighted by Gasteiger charge is -2.32. The Kier molecular flexibility index (Phi) is 5.13. The Morgan fingerprint density at radius 2 is 2.20 bits per heavy atom. The first-order valence-electron chi connectivity index (χ1n) is 6.41. The molecule has 1 aliphatic heterocycles. The molecule has 1 saturated heterocycles. The van der Waals surface area contributed by atoms with Gasteiger partial charge in [-0.3, -0.25) is 4.79 Å². The van der Waals surface area contributed by atoms with E-state index in [1.807, 2.05) is 0 Å². The highest BCUT2D eigenvalue weighted by atomic mass is 16.2. The van der Waals surface area contributed by atoms with Crippen LogP contribution in [0.5, 0.6) is 0 Å². The van der Waals surface area contributed by atoms with Gasteiger partial charge in [-0.2, -0.15) is 0 Å². The van der Waals surface area contributed by atoms with Crippen LogP contribution in [0.4, 0.5) is 0 Å². The largest absolute Gasteiger partial charge is 0.342 e. The van der Waals surface area contributed by atoms with Crippen molar-refractivity contribution in [3.8, 4) is 0 Å². The Bertz CT molecular complexity index is 201. The Labute approximate surface area is 94.0 Å². The van der Waals surface area contributed by atoms with Gasteiger partial charge in [-0.05, 0) is 31.1 Å². The SMILES string of the molecule is CCC1CCCN(C(=O)CCC(C)C)C1. The van der Waals surface area contributed by atoms with Crippen LogP contribution in [-0.4, -0.2) is 23.9 Å². The summed E-state index contributed by atoms with van der Waals surface area (Å²) >= 11 is 0. The first kappa shape index (κ1) is 12.5. The van der Waals surface area contributed by atoms with Crippen LogP contribution in [0.1, 0.15) is 52.9 Å². The molecule has 0 spiro atoms. The summed E-state index contributed by atoms with van der Waals surface area (Å²) < 4.78 is 0. The third kappa shape index (κ3) is 4.23. The smallest absolute Gasteiger partial charge is 0.222 e. The van der Waals surface area contributed by atoms with E-state index in [4.69, 9.17) is 0 Å². The maximum atomic E-state index is 11.9. The number of piperidine rings is 1. The maximum absolute atomic E-state index is 11.9. The quantitative estimate of drug-likeness (QED) is 0.700. The van der Waals surface area contributed by atoms with Crippen molar-refractivity contribution < 1.29 is 4.79 Å². The molecule has 1 unspecified atom stereocenters. The van der Waals surface area contributed by atoms with E-state index in [-0.39, 0.29) is 0 Å². The molecule has 0 aromatic carbocycles. The number of amides is 1. The first-order chi connectivity index (χ1) is 7.13. The number of hydrogen-bond donors (Lipinski definition) is 0. The van der Waals surface area contributed by atoms with E-state index < -0.39 is 0 Å². The van der Waals surface area contributed by atoms with Gasteiger partial charge in [0.2, 0.25) is 5.91 Å². The zero-order chi connectivity index (χ0) is 11.3. The summed E-state index contributed by atoms with van der Waals surface area (Å²) in [6.45, 7) is 8.59. The van der Waals surface area contributed by atoms with E-state index in [2.05, 4.69) is 25.7 Å². The van der Waals surface area contributed by atoms with Crippen LogP contribution in [0.3, 0.4) is 0 Å². The number of rotatable bonds is 4. The summed E-state index contributed by atoms with van der Waals surface area (Å²) in [5, 5.41) is 0. The summed E-state index contributed by atoms with van der Waals surface area (Å²) in [5.74, 6) is 1.77. The fourth-order valence-electron chi connectivity index (χ4n) is 2.20. The van der Waals surface area contributed by atoms with Gasteiger partial charge in [-0.15, -0.1) is 0 Å². The van der Waals surface area contributed by atoms with Crippen molar-refractivity contribution in [1.82, 2.24) is 4.90 Å². The maximum Gasteiger partial charge on any atom is 0.222 e. The average molecular weight is 211 g/mol. The van der Waals surface area contributed by atoms with Crippen LogP contribution in [0.25, 0.3) is 0 Å². The van der Waals surface area contributed by atoms with Crippen LogP contribution < -0.4 is 0 Å². The lowest BCUT2D eigenvalue weighted by molar-refractivity contribution is -0.133. The fourth-order valence-corrected chi connectivity index (χ4v) is 2.20. The number of nitrogens with zero attached hydrogens (tertiary/aromatic N) is 1. The molecule has 1 atom stereocenters. The fraction of sp³-hybridized carbons (Fsp3) is 0.923. The Balaban J connectivity index is 2.32. The van der Waals surface area contributed by atoms with Crippen LogP contribution in [0, 0.1) is 11.8 Å².